The van der Waals surface area contributed by atoms with Crippen molar-refractivity contribution in [3.8, 4) is 5.75 Å². The number of rotatable bonds is 3. The highest BCUT2D eigenvalue weighted by Crippen LogP contribution is 2.37. The number of fused-ring (bicyclic) bond motifs is 1. The molecule has 0 saturated carbocycles. The van der Waals surface area contributed by atoms with Crippen molar-refractivity contribution in [1.29, 1.82) is 0 Å². The summed E-state index contributed by atoms with van der Waals surface area (Å²) < 4.78 is 7.95. The summed E-state index contributed by atoms with van der Waals surface area (Å²) in [5, 5.41) is 10.7. The minimum Gasteiger partial charge on any atom is -0.508 e. The number of phenolic OH excluding ortho intramolecular Hbond substituents is 1. The van der Waals surface area contributed by atoms with Gasteiger partial charge in [-0.2, -0.15) is 0 Å². The molecule has 5 nitrogen and oxygen atoms in total. The summed E-state index contributed by atoms with van der Waals surface area (Å²) in [5.74, 6) is 0.194. The van der Waals surface area contributed by atoms with Gasteiger partial charge in [0.05, 0.1) is 11.2 Å². The summed E-state index contributed by atoms with van der Waals surface area (Å²) >= 11 is 0. The molecule has 1 amide bonds. The third-order valence-electron chi connectivity index (χ3n) is 6.24. The lowest BCUT2D eigenvalue weighted by Gasteiger charge is -2.41. The monoisotopic (exact) mass is 378 g/mol. The maximum Gasteiger partial charge on any atom is 0.256 e. The molecule has 1 fully saturated rings. The molecule has 3 aromatic rings. The Labute approximate surface area is 165 Å². The molecule has 4 rings (SSSR count). The number of methoxy groups -OCH3 is 1. The van der Waals surface area contributed by atoms with Crippen LogP contribution in [0.2, 0.25) is 0 Å². The van der Waals surface area contributed by atoms with E-state index in [-0.39, 0.29) is 17.3 Å². The zero-order valence-corrected chi connectivity index (χ0v) is 16.6. The highest BCUT2D eigenvalue weighted by molar-refractivity contribution is 6.08. The van der Waals surface area contributed by atoms with Crippen LogP contribution in [0.4, 0.5) is 0 Å². The first-order chi connectivity index (χ1) is 13.5. The predicted octanol–water partition coefficient (Wildman–Crippen LogP) is 3.97. The van der Waals surface area contributed by atoms with E-state index in [1.807, 2.05) is 47.7 Å². The molecule has 1 saturated heterocycles. The van der Waals surface area contributed by atoms with E-state index in [2.05, 4.69) is 12.1 Å². The highest BCUT2D eigenvalue weighted by Gasteiger charge is 2.38. The molecule has 1 aromatic heterocycles. The number of amides is 1. The SMILES string of the molecule is COC1(c2ccccc2)CCN(C(=O)c2c(C)n(C)c3ccc(O)cc23)CC1. The number of ether oxygens (including phenoxy) is 1. The summed E-state index contributed by atoms with van der Waals surface area (Å²) in [4.78, 5) is 15.3. The Morgan fingerprint density at radius 2 is 1.79 bits per heavy atom. The van der Waals surface area contributed by atoms with Crippen LogP contribution in [0.1, 0.15) is 34.5 Å². The number of aryl methyl sites for hydroxylation is 1. The minimum atomic E-state index is -0.343. The van der Waals surface area contributed by atoms with Crippen molar-refractivity contribution in [2.45, 2.75) is 25.4 Å². The van der Waals surface area contributed by atoms with Crippen LogP contribution in [-0.2, 0) is 17.4 Å². The zero-order chi connectivity index (χ0) is 19.9. The molecular formula is C23H26N2O3. The van der Waals surface area contributed by atoms with Crippen LogP contribution in [0.5, 0.6) is 5.75 Å². The number of aromatic hydroxyl groups is 1. The number of piperidine rings is 1. The molecule has 0 radical (unpaired) electrons. The zero-order valence-electron chi connectivity index (χ0n) is 16.6. The average molecular weight is 378 g/mol. The van der Waals surface area contributed by atoms with Gasteiger partial charge in [-0.15, -0.1) is 0 Å². The fraction of sp³-hybridized carbons (Fsp3) is 0.348. The van der Waals surface area contributed by atoms with Gasteiger partial charge in [0.2, 0.25) is 0 Å². The van der Waals surface area contributed by atoms with E-state index in [4.69, 9.17) is 4.74 Å². The normalized spacial score (nSPS) is 16.5. The molecule has 0 aliphatic carbocycles. The third-order valence-corrected chi connectivity index (χ3v) is 6.24. The van der Waals surface area contributed by atoms with E-state index in [0.29, 0.717) is 18.7 Å². The van der Waals surface area contributed by atoms with E-state index in [1.165, 1.54) is 0 Å². The molecule has 0 bridgehead atoms. The number of carbonyl (C=O) groups excluding carboxylic acids is 1. The topological polar surface area (TPSA) is 54.7 Å². The van der Waals surface area contributed by atoms with Crippen molar-refractivity contribution >= 4 is 16.8 Å². The van der Waals surface area contributed by atoms with Crippen LogP contribution in [0.25, 0.3) is 10.9 Å². The first-order valence-corrected chi connectivity index (χ1v) is 9.65. The maximum atomic E-state index is 13.4. The van der Waals surface area contributed by atoms with Crippen molar-refractivity contribution in [1.82, 2.24) is 9.47 Å². The second kappa shape index (κ2) is 6.99. The molecule has 0 spiro atoms. The highest BCUT2D eigenvalue weighted by atomic mass is 16.5. The number of hydrogen-bond donors (Lipinski definition) is 1. The average Bonchev–Trinajstić information content (AvgIpc) is 2.98. The van der Waals surface area contributed by atoms with Gasteiger partial charge in [0, 0.05) is 43.8 Å². The predicted molar refractivity (Wildman–Crippen MR) is 110 cm³/mol. The van der Waals surface area contributed by atoms with Gasteiger partial charge >= 0.3 is 0 Å². The number of likely N-dealkylation sites (tertiary alicyclic amines) is 1. The molecule has 0 atom stereocenters. The second-order valence-electron chi connectivity index (χ2n) is 7.58. The Hall–Kier alpha value is -2.79. The van der Waals surface area contributed by atoms with Crippen molar-refractivity contribution in [2.75, 3.05) is 20.2 Å². The van der Waals surface area contributed by atoms with Crippen LogP contribution in [0, 0.1) is 6.92 Å². The summed E-state index contributed by atoms with van der Waals surface area (Å²) in [7, 11) is 3.70. The summed E-state index contributed by atoms with van der Waals surface area (Å²) in [6.07, 6.45) is 1.52. The molecular weight excluding hydrogens is 352 g/mol. The Bertz CT molecular complexity index is 1020. The van der Waals surface area contributed by atoms with Crippen molar-refractivity contribution in [3.63, 3.8) is 0 Å². The van der Waals surface area contributed by atoms with Crippen LogP contribution in [0.15, 0.2) is 48.5 Å². The fourth-order valence-corrected chi connectivity index (χ4v) is 4.41. The molecule has 2 aromatic carbocycles. The molecule has 0 unspecified atom stereocenters. The van der Waals surface area contributed by atoms with Gasteiger partial charge in [0.1, 0.15) is 5.75 Å². The Morgan fingerprint density at radius 1 is 1.11 bits per heavy atom. The van der Waals surface area contributed by atoms with Crippen molar-refractivity contribution in [2.24, 2.45) is 7.05 Å². The molecule has 28 heavy (non-hydrogen) atoms. The lowest BCUT2D eigenvalue weighted by atomic mass is 9.84. The number of phenols is 1. The number of carbonyl (C=O) groups is 1. The second-order valence-corrected chi connectivity index (χ2v) is 7.58. The molecule has 1 N–H and O–H groups in total. The minimum absolute atomic E-state index is 0.0199. The molecule has 146 valence electrons. The Kier molecular flexibility index (Phi) is 4.63. The summed E-state index contributed by atoms with van der Waals surface area (Å²) in [5.41, 5.74) is 3.36. The van der Waals surface area contributed by atoms with Crippen molar-refractivity contribution < 1.29 is 14.6 Å². The van der Waals surface area contributed by atoms with Gasteiger partial charge in [-0.3, -0.25) is 4.79 Å². The van der Waals surface area contributed by atoms with Crippen LogP contribution in [-0.4, -0.2) is 40.7 Å². The van der Waals surface area contributed by atoms with Crippen molar-refractivity contribution in [3.05, 3.63) is 65.4 Å². The van der Waals surface area contributed by atoms with E-state index in [9.17, 15) is 9.90 Å². The number of benzene rings is 2. The lowest BCUT2D eigenvalue weighted by molar-refractivity contribution is -0.0574. The van der Waals surface area contributed by atoms with E-state index in [0.717, 1.165) is 35.0 Å². The molecule has 2 heterocycles. The molecule has 1 aliphatic rings. The van der Waals surface area contributed by atoms with Gasteiger partial charge < -0.3 is 19.3 Å². The van der Waals surface area contributed by atoms with Crippen LogP contribution < -0.4 is 0 Å². The fourth-order valence-electron chi connectivity index (χ4n) is 4.41. The first kappa shape index (κ1) is 18.6. The largest absolute Gasteiger partial charge is 0.508 e. The number of aromatic nitrogens is 1. The summed E-state index contributed by atoms with van der Waals surface area (Å²) in [6.45, 7) is 3.23. The van der Waals surface area contributed by atoms with Gasteiger partial charge in [-0.1, -0.05) is 30.3 Å². The van der Waals surface area contributed by atoms with Crippen LogP contribution in [0.3, 0.4) is 0 Å². The van der Waals surface area contributed by atoms with Gasteiger partial charge in [0.25, 0.3) is 5.91 Å². The van der Waals surface area contributed by atoms with Crippen LogP contribution >= 0.6 is 0 Å². The summed E-state index contributed by atoms with van der Waals surface area (Å²) in [6, 6.07) is 15.4. The third kappa shape index (κ3) is 2.87. The maximum absolute atomic E-state index is 13.4. The quantitative estimate of drug-likeness (QED) is 0.750. The molecule has 5 heteroatoms. The lowest BCUT2D eigenvalue weighted by Crippen LogP contribution is -2.46. The van der Waals surface area contributed by atoms with Gasteiger partial charge in [0.15, 0.2) is 0 Å². The smallest absolute Gasteiger partial charge is 0.256 e. The first-order valence-electron chi connectivity index (χ1n) is 9.65. The Balaban J connectivity index is 1.62. The number of hydrogen-bond acceptors (Lipinski definition) is 3. The van der Waals surface area contributed by atoms with Gasteiger partial charge in [-0.25, -0.2) is 0 Å². The standard InChI is InChI=1S/C23H26N2O3/c1-16-21(19-15-18(26)9-10-20(19)24(16)2)22(27)25-13-11-23(28-3,12-14-25)17-7-5-4-6-8-17/h4-10,15,26H,11-14H2,1-3H3. The number of nitrogens with zero attached hydrogens (tertiary/aromatic N) is 2. The van der Waals surface area contributed by atoms with E-state index >= 15 is 0 Å². The van der Waals surface area contributed by atoms with Gasteiger partial charge in [-0.05, 0) is 43.5 Å². The Morgan fingerprint density at radius 3 is 2.43 bits per heavy atom. The van der Waals surface area contributed by atoms with E-state index < -0.39 is 0 Å². The molecule has 1 aliphatic heterocycles. The van der Waals surface area contributed by atoms with E-state index in [1.54, 1.807) is 19.2 Å².